The number of carbonyl (C=O) groups excluding carboxylic acids is 3. The Morgan fingerprint density at radius 3 is 0.889 bits per heavy atom. The first-order valence-electron chi connectivity index (χ1n) is 31.6. The van der Waals surface area contributed by atoms with Crippen LogP contribution < -0.4 is 0 Å². The van der Waals surface area contributed by atoms with Gasteiger partial charge in [-0.3, -0.25) is 14.4 Å². The summed E-state index contributed by atoms with van der Waals surface area (Å²) >= 11 is 0. The van der Waals surface area contributed by atoms with Crippen LogP contribution >= 0.6 is 0 Å². The number of ether oxygens (including phenoxy) is 3. The number of rotatable bonds is 58. The molecule has 6 nitrogen and oxygen atoms in total. The minimum atomic E-state index is -0.780. The fraction of sp³-hybridized carbons (Fsp3) is 0.833. The Bertz CT molecular complexity index is 1250. The third-order valence-electron chi connectivity index (χ3n) is 14.1. The zero-order valence-corrected chi connectivity index (χ0v) is 48.2. The largest absolute Gasteiger partial charge is 0.462 e. The average Bonchev–Trinajstić information content (AvgIpc) is 3.38. The lowest BCUT2D eigenvalue weighted by Gasteiger charge is -2.18. The molecule has 0 aromatic heterocycles. The van der Waals surface area contributed by atoms with Crippen molar-refractivity contribution in [1.29, 1.82) is 0 Å². The predicted molar refractivity (Wildman–Crippen MR) is 312 cm³/mol. The normalized spacial score (nSPS) is 12.3. The van der Waals surface area contributed by atoms with E-state index in [0.717, 1.165) is 89.9 Å². The Morgan fingerprint density at radius 2 is 0.542 bits per heavy atom. The molecule has 0 heterocycles. The second-order valence-electron chi connectivity index (χ2n) is 21.3. The van der Waals surface area contributed by atoms with Gasteiger partial charge >= 0.3 is 17.9 Å². The number of esters is 3. The SMILES string of the molecule is CC/C=C\C/C=C\C/C=C\CCCCCCCCCC(=O)OC(COC(=O)CCCCCCC/C=C\CCCCC)COC(=O)CCCCCCCCCCCCCCCCCCCCCCCCCCC. The van der Waals surface area contributed by atoms with E-state index in [1.165, 1.54) is 205 Å². The summed E-state index contributed by atoms with van der Waals surface area (Å²) in [7, 11) is 0. The van der Waals surface area contributed by atoms with E-state index < -0.39 is 6.10 Å². The van der Waals surface area contributed by atoms with Crippen LogP contribution in [-0.2, 0) is 28.6 Å². The third-order valence-corrected chi connectivity index (χ3v) is 14.1. The molecule has 0 fully saturated rings. The first-order valence-corrected chi connectivity index (χ1v) is 31.6. The summed E-state index contributed by atoms with van der Waals surface area (Å²) in [5.41, 5.74) is 0. The second-order valence-corrected chi connectivity index (χ2v) is 21.3. The molecule has 0 N–H and O–H groups in total. The quantitative estimate of drug-likeness (QED) is 0.0261. The van der Waals surface area contributed by atoms with Crippen molar-refractivity contribution in [3.63, 3.8) is 0 Å². The van der Waals surface area contributed by atoms with Gasteiger partial charge in [0.05, 0.1) is 0 Å². The summed E-state index contributed by atoms with van der Waals surface area (Å²) in [6.45, 7) is 6.54. The molecule has 0 aromatic rings. The summed E-state index contributed by atoms with van der Waals surface area (Å²) in [6, 6.07) is 0. The molecule has 0 bridgehead atoms. The molecule has 0 saturated heterocycles. The van der Waals surface area contributed by atoms with Crippen LogP contribution in [0.2, 0.25) is 0 Å². The summed E-state index contributed by atoms with van der Waals surface area (Å²) in [5.74, 6) is -0.878. The molecule has 0 spiro atoms. The van der Waals surface area contributed by atoms with Gasteiger partial charge < -0.3 is 14.2 Å². The van der Waals surface area contributed by atoms with E-state index in [-0.39, 0.29) is 31.1 Å². The predicted octanol–water partition coefficient (Wildman–Crippen LogP) is 21.4. The van der Waals surface area contributed by atoms with Gasteiger partial charge in [-0.05, 0) is 77.0 Å². The minimum Gasteiger partial charge on any atom is -0.462 e. The van der Waals surface area contributed by atoms with Crippen molar-refractivity contribution in [2.45, 2.75) is 341 Å². The Kier molecular flexibility index (Phi) is 58.7. The van der Waals surface area contributed by atoms with Crippen molar-refractivity contribution in [1.82, 2.24) is 0 Å². The van der Waals surface area contributed by atoms with E-state index in [4.69, 9.17) is 14.2 Å². The van der Waals surface area contributed by atoms with Crippen molar-refractivity contribution in [3.05, 3.63) is 48.6 Å². The molecule has 1 unspecified atom stereocenters. The Morgan fingerprint density at radius 1 is 0.292 bits per heavy atom. The van der Waals surface area contributed by atoms with Crippen LogP contribution in [0.15, 0.2) is 48.6 Å². The number of hydrogen-bond acceptors (Lipinski definition) is 6. The van der Waals surface area contributed by atoms with E-state index in [1.54, 1.807) is 0 Å². The molecule has 0 aliphatic carbocycles. The lowest BCUT2D eigenvalue weighted by Crippen LogP contribution is -2.30. The van der Waals surface area contributed by atoms with Gasteiger partial charge in [-0.25, -0.2) is 0 Å². The molecule has 420 valence electrons. The number of carbonyl (C=O) groups is 3. The monoisotopic (exact) mass is 1010 g/mol. The molecule has 6 heteroatoms. The van der Waals surface area contributed by atoms with Gasteiger partial charge in [0.25, 0.3) is 0 Å². The van der Waals surface area contributed by atoms with Gasteiger partial charge in [0.1, 0.15) is 13.2 Å². The molecular weight excluding hydrogens is 889 g/mol. The summed E-state index contributed by atoms with van der Waals surface area (Å²) in [6.07, 6.45) is 75.6. The highest BCUT2D eigenvalue weighted by molar-refractivity contribution is 5.71. The fourth-order valence-electron chi connectivity index (χ4n) is 9.34. The second kappa shape index (κ2) is 60.9. The van der Waals surface area contributed by atoms with E-state index in [2.05, 4.69) is 69.4 Å². The third kappa shape index (κ3) is 58.3. The van der Waals surface area contributed by atoms with Crippen LogP contribution in [0.3, 0.4) is 0 Å². The molecule has 72 heavy (non-hydrogen) atoms. The molecule has 0 rings (SSSR count). The van der Waals surface area contributed by atoms with Gasteiger partial charge in [0.15, 0.2) is 6.10 Å². The molecule has 0 aliphatic heterocycles. The average molecular weight is 1010 g/mol. The standard InChI is InChI=1S/C66H120O6/c1-4-7-10-13-16-19-22-25-27-29-30-31-32-33-34-35-36-38-39-41-44-47-50-53-56-59-65(68)71-62-63(61-70-64(67)58-55-52-49-46-43-24-21-18-15-12-9-6-3)72-66(69)60-57-54-51-48-45-42-40-37-28-26-23-20-17-14-11-8-5-2/h8,11,17-18,20-21,26,28,63H,4-7,9-10,12-16,19,22-25,27,29-62H2,1-3H3/b11-8-,20-17-,21-18-,28-26-. The van der Waals surface area contributed by atoms with E-state index in [9.17, 15) is 14.4 Å². The van der Waals surface area contributed by atoms with E-state index in [1.807, 2.05) is 0 Å². The molecule has 0 amide bonds. The Balaban J connectivity index is 4.23. The summed E-state index contributed by atoms with van der Waals surface area (Å²) in [5, 5.41) is 0. The van der Waals surface area contributed by atoms with Crippen molar-refractivity contribution < 1.29 is 28.6 Å². The number of hydrogen-bond donors (Lipinski definition) is 0. The van der Waals surface area contributed by atoms with Gasteiger partial charge in [-0.2, -0.15) is 0 Å². The number of allylic oxidation sites excluding steroid dienone is 8. The highest BCUT2D eigenvalue weighted by atomic mass is 16.6. The molecule has 0 saturated carbocycles. The lowest BCUT2D eigenvalue weighted by atomic mass is 10.0. The lowest BCUT2D eigenvalue weighted by molar-refractivity contribution is -0.167. The van der Waals surface area contributed by atoms with Crippen molar-refractivity contribution in [2.24, 2.45) is 0 Å². The van der Waals surface area contributed by atoms with Crippen LogP contribution in [0.25, 0.3) is 0 Å². The summed E-state index contributed by atoms with van der Waals surface area (Å²) in [4.78, 5) is 38.2. The molecule has 0 aliphatic rings. The highest BCUT2D eigenvalue weighted by Crippen LogP contribution is 2.18. The van der Waals surface area contributed by atoms with Crippen molar-refractivity contribution in [3.8, 4) is 0 Å². The Labute approximate surface area is 448 Å². The van der Waals surface area contributed by atoms with Crippen LogP contribution in [0.1, 0.15) is 335 Å². The zero-order chi connectivity index (χ0) is 52.2. The molecule has 0 aromatic carbocycles. The molecular formula is C66H120O6. The first kappa shape index (κ1) is 69.4. The topological polar surface area (TPSA) is 78.9 Å². The molecule has 1 atom stereocenters. The van der Waals surface area contributed by atoms with Crippen LogP contribution in [0.5, 0.6) is 0 Å². The smallest absolute Gasteiger partial charge is 0.306 e. The van der Waals surface area contributed by atoms with Crippen LogP contribution in [0, 0.1) is 0 Å². The van der Waals surface area contributed by atoms with Crippen LogP contribution in [-0.4, -0.2) is 37.2 Å². The fourth-order valence-corrected chi connectivity index (χ4v) is 9.34. The van der Waals surface area contributed by atoms with E-state index in [0.29, 0.717) is 19.3 Å². The van der Waals surface area contributed by atoms with E-state index >= 15 is 0 Å². The van der Waals surface area contributed by atoms with Crippen molar-refractivity contribution in [2.75, 3.05) is 13.2 Å². The van der Waals surface area contributed by atoms with Gasteiger partial charge in [0, 0.05) is 19.3 Å². The van der Waals surface area contributed by atoms with Gasteiger partial charge in [0.2, 0.25) is 0 Å². The van der Waals surface area contributed by atoms with Gasteiger partial charge in [-0.1, -0.05) is 288 Å². The molecule has 0 radical (unpaired) electrons. The number of unbranched alkanes of at least 4 members (excludes halogenated alkanes) is 39. The van der Waals surface area contributed by atoms with Crippen LogP contribution in [0.4, 0.5) is 0 Å². The highest BCUT2D eigenvalue weighted by Gasteiger charge is 2.19. The van der Waals surface area contributed by atoms with Crippen molar-refractivity contribution >= 4 is 17.9 Å². The maximum absolute atomic E-state index is 12.9. The minimum absolute atomic E-state index is 0.0765. The van der Waals surface area contributed by atoms with Gasteiger partial charge in [-0.15, -0.1) is 0 Å². The maximum atomic E-state index is 12.9. The Hall–Kier alpha value is -2.63. The summed E-state index contributed by atoms with van der Waals surface area (Å²) < 4.78 is 16.9. The zero-order valence-electron chi connectivity index (χ0n) is 48.2. The first-order chi connectivity index (χ1) is 35.5. The maximum Gasteiger partial charge on any atom is 0.306 e.